The number of rotatable bonds is 5. The second-order valence-electron chi connectivity index (χ2n) is 9.52. The molecule has 1 unspecified atom stereocenters. The number of aliphatic hydroxyl groups excluding tert-OH is 1. The molecule has 0 saturated carbocycles. The normalized spacial score (nSPS) is 16.9. The predicted octanol–water partition coefficient (Wildman–Crippen LogP) is 5.53. The van der Waals surface area contributed by atoms with E-state index in [4.69, 9.17) is 16.3 Å². The molecule has 0 radical (unpaired) electrons. The number of hydrogen-bond acceptors (Lipinski definition) is 6. The van der Waals surface area contributed by atoms with E-state index in [0.717, 1.165) is 22.3 Å². The van der Waals surface area contributed by atoms with Crippen molar-refractivity contribution < 1.29 is 19.4 Å². The molecule has 1 fully saturated rings. The number of amides is 1. The monoisotopic (exact) mass is 530 g/mol. The number of benzene rings is 3. The van der Waals surface area contributed by atoms with Crippen molar-refractivity contribution in [3.63, 3.8) is 0 Å². The van der Waals surface area contributed by atoms with Crippen LogP contribution in [0.5, 0.6) is 5.75 Å². The Morgan fingerprint density at radius 1 is 1.05 bits per heavy atom. The molecule has 1 saturated heterocycles. The molecule has 0 spiro atoms. The zero-order valence-electron chi connectivity index (χ0n) is 21.7. The van der Waals surface area contributed by atoms with Crippen LogP contribution in [0.4, 0.5) is 11.6 Å². The molecular weight excluding hydrogens is 504 g/mol. The topological polar surface area (TPSA) is 98.8 Å². The highest BCUT2D eigenvalue weighted by molar-refractivity contribution is 6.51. The van der Waals surface area contributed by atoms with Crippen molar-refractivity contribution in [2.24, 2.45) is 0 Å². The summed E-state index contributed by atoms with van der Waals surface area (Å²) in [5.41, 5.74) is 5.39. The van der Waals surface area contributed by atoms with Crippen molar-refractivity contribution in [1.82, 2.24) is 9.97 Å². The number of ketones is 1. The van der Waals surface area contributed by atoms with E-state index >= 15 is 0 Å². The number of nitrogens with one attached hydrogen (secondary N) is 1. The summed E-state index contributed by atoms with van der Waals surface area (Å²) in [7, 11) is 5.31. The van der Waals surface area contributed by atoms with Crippen molar-refractivity contribution in [3.8, 4) is 5.75 Å². The largest absolute Gasteiger partial charge is 0.507 e. The molecule has 3 aromatic carbocycles. The number of imidazole rings is 1. The van der Waals surface area contributed by atoms with E-state index in [1.54, 1.807) is 12.1 Å². The highest BCUT2D eigenvalue weighted by Gasteiger charge is 2.48. The van der Waals surface area contributed by atoms with Crippen LogP contribution in [0.2, 0.25) is 5.02 Å². The third-order valence-electron chi connectivity index (χ3n) is 6.91. The average molecular weight is 531 g/mol. The van der Waals surface area contributed by atoms with Crippen LogP contribution in [-0.2, 0) is 9.59 Å². The molecule has 194 valence electrons. The van der Waals surface area contributed by atoms with Gasteiger partial charge in [0.15, 0.2) is 0 Å². The number of aryl methyl sites for hydroxylation is 2. The minimum absolute atomic E-state index is 0.0511. The number of hydrogen-bond donors (Lipinski definition) is 2. The van der Waals surface area contributed by atoms with Crippen molar-refractivity contribution in [3.05, 3.63) is 87.4 Å². The van der Waals surface area contributed by atoms with Gasteiger partial charge in [-0.2, -0.15) is 0 Å². The Balaban J connectivity index is 1.73. The highest BCUT2D eigenvalue weighted by atomic mass is 35.5. The fourth-order valence-electron chi connectivity index (χ4n) is 4.65. The summed E-state index contributed by atoms with van der Waals surface area (Å²) in [6.45, 7) is 3.98. The first-order valence-electron chi connectivity index (χ1n) is 12.0. The van der Waals surface area contributed by atoms with Gasteiger partial charge in [0, 0.05) is 25.3 Å². The van der Waals surface area contributed by atoms with Gasteiger partial charge in [-0.1, -0.05) is 23.7 Å². The predicted molar refractivity (Wildman–Crippen MR) is 149 cm³/mol. The van der Waals surface area contributed by atoms with Gasteiger partial charge in [0.2, 0.25) is 5.95 Å². The lowest BCUT2D eigenvalue weighted by Gasteiger charge is -2.24. The average Bonchev–Trinajstić information content (AvgIpc) is 3.41. The van der Waals surface area contributed by atoms with E-state index in [1.165, 1.54) is 18.1 Å². The van der Waals surface area contributed by atoms with Gasteiger partial charge < -0.3 is 19.7 Å². The van der Waals surface area contributed by atoms with E-state index in [0.29, 0.717) is 27.4 Å². The number of methoxy groups -OCH3 is 1. The molecule has 2 N–H and O–H groups in total. The number of aromatic amines is 1. The lowest BCUT2D eigenvalue weighted by molar-refractivity contribution is -0.132. The number of Topliss-reactive ketones (excluding diaryl/α,β-unsaturated/α-hetero) is 1. The van der Waals surface area contributed by atoms with Crippen LogP contribution in [0.1, 0.15) is 28.3 Å². The summed E-state index contributed by atoms with van der Waals surface area (Å²) < 4.78 is 5.29. The Morgan fingerprint density at radius 3 is 2.39 bits per heavy atom. The van der Waals surface area contributed by atoms with E-state index in [9.17, 15) is 14.7 Å². The summed E-state index contributed by atoms with van der Waals surface area (Å²) in [4.78, 5) is 38.1. The van der Waals surface area contributed by atoms with Crippen molar-refractivity contribution >= 4 is 51.7 Å². The Bertz CT molecular complexity index is 1580. The summed E-state index contributed by atoms with van der Waals surface area (Å²) in [6.07, 6.45) is 0. The number of ether oxygens (including phenoxy) is 1. The minimum atomic E-state index is -0.921. The number of aromatic nitrogens is 2. The van der Waals surface area contributed by atoms with Crippen LogP contribution in [0.3, 0.4) is 0 Å². The summed E-state index contributed by atoms with van der Waals surface area (Å²) >= 11 is 6.17. The quantitative estimate of drug-likeness (QED) is 0.200. The number of carbonyl (C=O) groups is 2. The summed E-state index contributed by atoms with van der Waals surface area (Å²) in [5.74, 6) is -1.38. The van der Waals surface area contributed by atoms with Gasteiger partial charge in [0.25, 0.3) is 5.78 Å². The van der Waals surface area contributed by atoms with E-state index in [-0.39, 0.29) is 17.3 Å². The molecule has 2 heterocycles. The molecule has 8 nitrogen and oxygen atoms in total. The van der Waals surface area contributed by atoms with E-state index < -0.39 is 17.7 Å². The van der Waals surface area contributed by atoms with Gasteiger partial charge in [0.05, 0.1) is 34.8 Å². The number of nitrogens with zero attached hydrogens (tertiary/aromatic N) is 3. The summed E-state index contributed by atoms with van der Waals surface area (Å²) in [6, 6.07) is 15.1. The van der Waals surface area contributed by atoms with Gasteiger partial charge in [-0.3, -0.25) is 14.5 Å². The van der Waals surface area contributed by atoms with Gasteiger partial charge in [0.1, 0.15) is 11.5 Å². The molecule has 4 aromatic rings. The Kier molecular flexibility index (Phi) is 6.36. The Labute approximate surface area is 225 Å². The maximum Gasteiger partial charge on any atom is 0.302 e. The van der Waals surface area contributed by atoms with Gasteiger partial charge >= 0.3 is 5.91 Å². The molecule has 1 amide bonds. The zero-order chi connectivity index (χ0) is 27.3. The van der Waals surface area contributed by atoms with Crippen molar-refractivity contribution in [1.29, 1.82) is 0 Å². The van der Waals surface area contributed by atoms with Crippen molar-refractivity contribution in [2.75, 3.05) is 31.0 Å². The number of aliphatic hydroxyl groups is 1. The number of halogens is 1. The van der Waals surface area contributed by atoms with Gasteiger partial charge in [-0.25, -0.2) is 4.98 Å². The molecule has 1 aromatic heterocycles. The minimum Gasteiger partial charge on any atom is -0.507 e. The maximum absolute atomic E-state index is 13.5. The second-order valence-corrected chi connectivity index (χ2v) is 9.93. The Morgan fingerprint density at radius 2 is 1.74 bits per heavy atom. The molecule has 9 heteroatoms. The molecule has 1 aliphatic heterocycles. The SMILES string of the molecule is COc1cc(/C(O)=C2\C(=O)C(=O)N(c3nc4cc(C)c(C)cc4[nH]3)C2c2ccc(N(C)C)cc2)ccc1Cl. The molecule has 0 bridgehead atoms. The third kappa shape index (κ3) is 4.16. The number of anilines is 2. The maximum atomic E-state index is 13.5. The smallest absolute Gasteiger partial charge is 0.302 e. The lowest BCUT2D eigenvalue weighted by atomic mass is 9.95. The van der Waals surface area contributed by atoms with E-state index in [1.807, 2.05) is 69.2 Å². The molecule has 0 aliphatic carbocycles. The van der Waals surface area contributed by atoms with Crippen LogP contribution in [-0.4, -0.2) is 48.0 Å². The summed E-state index contributed by atoms with van der Waals surface area (Å²) in [5, 5.41) is 11.8. The first-order chi connectivity index (χ1) is 18.1. The Hall–Kier alpha value is -4.30. The zero-order valence-corrected chi connectivity index (χ0v) is 22.4. The number of H-pyrrole nitrogens is 1. The van der Waals surface area contributed by atoms with Crippen LogP contribution >= 0.6 is 11.6 Å². The molecular formula is C29H27ClN4O4. The molecule has 1 atom stereocenters. The lowest BCUT2D eigenvalue weighted by Crippen LogP contribution is -2.30. The van der Waals surface area contributed by atoms with Crippen LogP contribution in [0.15, 0.2) is 60.2 Å². The second kappa shape index (κ2) is 9.54. The van der Waals surface area contributed by atoms with E-state index in [2.05, 4.69) is 9.97 Å². The van der Waals surface area contributed by atoms with Crippen LogP contribution < -0.4 is 14.5 Å². The van der Waals surface area contributed by atoms with Gasteiger partial charge in [-0.05, 0) is 73.0 Å². The first kappa shape index (κ1) is 25.4. The van der Waals surface area contributed by atoms with Gasteiger partial charge in [-0.15, -0.1) is 0 Å². The third-order valence-corrected chi connectivity index (χ3v) is 7.22. The standard InChI is InChI=1S/C29H27ClN4O4/c1-15-12-21-22(13-16(15)2)32-29(31-21)34-25(17-6-9-19(10-7-17)33(3)4)24(27(36)28(34)37)26(35)18-8-11-20(30)23(14-18)38-5/h6-14,25,35H,1-5H3,(H,31,32)/b26-24+. The fraction of sp³-hybridized carbons (Fsp3) is 0.207. The number of carbonyl (C=O) groups excluding carboxylic acids is 2. The fourth-order valence-corrected chi connectivity index (χ4v) is 4.85. The molecule has 1 aliphatic rings. The van der Waals surface area contributed by atoms with Crippen molar-refractivity contribution in [2.45, 2.75) is 19.9 Å². The highest BCUT2D eigenvalue weighted by Crippen LogP contribution is 2.42. The number of fused-ring (bicyclic) bond motifs is 1. The van der Waals surface area contributed by atoms with Crippen LogP contribution in [0.25, 0.3) is 16.8 Å². The first-order valence-corrected chi connectivity index (χ1v) is 12.4. The van der Waals surface area contributed by atoms with Crippen LogP contribution in [0, 0.1) is 13.8 Å². The molecule has 5 rings (SSSR count). The molecule has 38 heavy (non-hydrogen) atoms.